The molecule has 2 aromatic heterocycles. The van der Waals surface area contributed by atoms with Crippen LogP contribution in [0, 0.1) is 19.7 Å². The lowest BCUT2D eigenvalue weighted by Crippen LogP contribution is -2.38. The molecular formula is C27H31FN6O. The van der Waals surface area contributed by atoms with Crippen LogP contribution in [-0.2, 0) is 19.6 Å². The van der Waals surface area contributed by atoms with Crippen molar-refractivity contribution < 1.29 is 4.39 Å². The van der Waals surface area contributed by atoms with Gasteiger partial charge in [-0.05, 0) is 72.0 Å². The number of hydrogen-bond acceptors (Lipinski definition) is 5. The number of nitrogens with one attached hydrogen (secondary N) is 1. The van der Waals surface area contributed by atoms with Gasteiger partial charge in [0.05, 0.1) is 18.6 Å². The van der Waals surface area contributed by atoms with E-state index in [2.05, 4.69) is 38.4 Å². The van der Waals surface area contributed by atoms with Crippen molar-refractivity contribution in [3.63, 3.8) is 0 Å². The van der Waals surface area contributed by atoms with E-state index in [4.69, 9.17) is 0 Å². The fourth-order valence-corrected chi connectivity index (χ4v) is 5.12. The summed E-state index contributed by atoms with van der Waals surface area (Å²) in [7, 11) is 0. The first-order valence-electron chi connectivity index (χ1n) is 12.3. The second kappa shape index (κ2) is 10.1. The van der Waals surface area contributed by atoms with Crippen LogP contribution in [0.3, 0.4) is 0 Å². The highest BCUT2D eigenvalue weighted by Gasteiger charge is 2.25. The normalized spacial score (nSPS) is 14.7. The molecule has 1 aliphatic carbocycles. The first-order chi connectivity index (χ1) is 17.0. The van der Waals surface area contributed by atoms with Gasteiger partial charge in [-0.1, -0.05) is 43.5 Å². The summed E-state index contributed by atoms with van der Waals surface area (Å²) >= 11 is 0. The second-order valence-electron chi connectivity index (χ2n) is 9.69. The molecule has 35 heavy (non-hydrogen) atoms. The number of nitrogens with zero attached hydrogens (tertiary/aromatic N) is 5. The maximum Gasteiger partial charge on any atom is 0.252 e. The van der Waals surface area contributed by atoms with Crippen LogP contribution in [-0.4, -0.2) is 36.1 Å². The van der Waals surface area contributed by atoms with Gasteiger partial charge in [-0.2, -0.15) is 0 Å². The van der Waals surface area contributed by atoms with Crippen LogP contribution < -0.4 is 5.56 Å². The zero-order chi connectivity index (χ0) is 24.4. The molecule has 1 N–H and O–H groups in total. The van der Waals surface area contributed by atoms with Gasteiger partial charge < -0.3 is 4.98 Å². The zero-order valence-electron chi connectivity index (χ0n) is 20.3. The van der Waals surface area contributed by atoms with E-state index in [1.165, 1.54) is 31.4 Å². The van der Waals surface area contributed by atoms with Gasteiger partial charge in [-0.25, -0.2) is 9.07 Å². The average molecular weight is 475 g/mol. The van der Waals surface area contributed by atoms with Crippen LogP contribution in [0.5, 0.6) is 0 Å². The monoisotopic (exact) mass is 474 g/mol. The maximum absolute atomic E-state index is 13.3. The number of H-pyrrole nitrogens is 1. The number of pyridine rings is 1. The standard InChI is InChI=1S/C27H31FN6O/c1-18-8-9-19(2)26-24(18)14-21(27(35)29-26)16-33(23-6-4-3-5-7-23)17-25-30-31-32-34(25)15-20-10-12-22(28)13-11-20/h8-14,23H,3-7,15-17H2,1-2H3,(H,29,35). The lowest BCUT2D eigenvalue weighted by molar-refractivity contribution is 0.134. The molecule has 0 unspecified atom stereocenters. The van der Waals surface area contributed by atoms with Crippen LogP contribution in [0.15, 0.2) is 47.3 Å². The zero-order valence-corrected chi connectivity index (χ0v) is 20.3. The van der Waals surface area contributed by atoms with Gasteiger partial charge in [-0.15, -0.1) is 5.10 Å². The molecule has 1 fully saturated rings. The molecule has 7 nitrogen and oxygen atoms in total. The Labute approximate surface area is 204 Å². The third-order valence-electron chi connectivity index (χ3n) is 7.18. The van der Waals surface area contributed by atoms with E-state index in [0.717, 1.165) is 51.8 Å². The molecule has 2 heterocycles. The topological polar surface area (TPSA) is 79.7 Å². The van der Waals surface area contributed by atoms with Gasteiger partial charge in [0.25, 0.3) is 5.56 Å². The molecule has 1 saturated carbocycles. The first-order valence-corrected chi connectivity index (χ1v) is 12.3. The van der Waals surface area contributed by atoms with Gasteiger partial charge in [-0.3, -0.25) is 9.69 Å². The van der Waals surface area contributed by atoms with E-state index in [1.807, 2.05) is 19.1 Å². The minimum Gasteiger partial charge on any atom is -0.321 e. The summed E-state index contributed by atoms with van der Waals surface area (Å²) in [6.45, 7) is 5.64. The minimum absolute atomic E-state index is 0.0436. The van der Waals surface area contributed by atoms with Crippen molar-refractivity contribution in [3.8, 4) is 0 Å². The maximum atomic E-state index is 13.3. The Morgan fingerprint density at radius 2 is 1.77 bits per heavy atom. The molecule has 4 aromatic rings. The highest BCUT2D eigenvalue weighted by molar-refractivity contribution is 5.85. The smallest absolute Gasteiger partial charge is 0.252 e. The highest BCUT2D eigenvalue weighted by atomic mass is 19.1. The predicted molar refractivity (Wildman–Crippen MR) is 133 cm³/mol. The van der Waals surface area contributed by atoms with E-state index >= 15 is 0 Å². The van der Waals surface area contributed by atoms with Crippen LogP contribution in [0.2, 0.25) is 0 Å². The molecule has 182 valence electrons. The molecule has 0 spiro atoms. The van der Waals surface area contributed by atoms with Crippen molar-refractivity contribution >= 4 is 10.9 Å². The van der Waals surface area contributed by atoms with E-state index in [1.54, 1.807) is 16.8 Å². The fourth-order valence-electron chi connectivity index (χ4n) is 5.12. The Hall–Kier alpha value is -3.39. The summed E-state index contributed by atoms with van der Waals surface area (Å²) in [5.74, 6) is 0.476. The lowest BCUT2D eigenvalue weighted by Gasteiger charge is -2.33. The Bertz CT molecular complexity index is 1370. The Kier molecular flexibility index (Phi) is 6.72. The lowest BCUT2D eigenvalue weighted by atomic mass is 9.93. The molecule has 5 rings (SSSR count). The number of aryl methyl sites for hydroxylation is 2. The van der Waals surface area contributed by atoms with Crippen LogP contribution in [0.1, 0.15) is 60.2 Å². The highest BCUT2D eigenvalue weighted by Crippen LogP contribution is 2.26. The summed E-state index contributed by atoms with van der Waals surface area (Å²) in [6.07, 6.45) is 5.83. The summed E-state index contributed by atoms with van der Waals surface area (Å²) in [6, 6.07) is 13.0. The third kappa shape index (κ3) is 5.17. The molecule has 0 bridgehead atoms. The molecular weight excluding hydrogens is 443 g/mol. The molecule has 2 aromatic carbocycles. The van der Waals surface area contributed by atoms with Crippen molar-refractivity contribution in [2.45, 2.75) is 71.6 Å². The largest absolute Gasteiger partial charge is 0.321 e. The molecule has 0 saturated heterocycles. The summed E-state index contributed by atoms with van der Waals surface area (Å²) in [5.41, 5.74) is 4.77. The summed E-state index contributed by atoms with van der Waals surface area (Å²) in [5, 5.41) is 13.5. The number of halogens is 1. The second-order valence-corrected chi connectivity index (χ2v) is 9.69. The van der Waals surface area contributed by atoms with Crippen LogP contribution in [0.25, 0.3) is 10.9 Å². The molecule has 8 heteroatoms. The number of benzene rings is 2. The SMILES string of the molecule is Cc1ccc(C)c2[nH]c(=O)c(CN(Cc3nnnn3Cc3ccc(F)cc3)C3CCCCC3)cc12. The molecule has 0 aliphatic heterocycles. The fraction of sp³-hybridized carbons (Fsp3) is 0.407. The number of aromatic nitrogens is 5. The van der Waals surface area contributed by atoms with Crippen molar-refractivity contribution in [3.05, 3.63) is 86.7 Å². The van der Waals surface area contributed by atoms with E-state index in [-0.39, 0.29) is 11.4 Å². The number of aromatic amines is 1. The van der Waals surface area contributed by atoms with E-state index in [9.17, 15) is 9.18 Å². The van der Waals surface area contributed by atoms with Crippen molar-refractivity contribution in [2.24, 2.45) is 0 Å². The van der Waals surface area contributed by atoms with Crippen LogP contribution in [0.4, 0.5) is 4.39 Å². The number of rotatable bonds is 7. The third-order valence-corrected chi connectivity index (χ3v) is 7.18. The molecule has 0 amide bonds. The first kappa shape index (κ1) is 23.4. The Morgan fingerprint density at radius 1 is 1.03 bits per heavy atom. The van der Waals surface area contributed by atoms with Gasteiger partial charge in [0.1, 0.15) is 5.82 Å². The predicted octanol–water partition coefficient (Wildman–Crippen LogP) is 4.65. The van der Waals surface area contributed by atoms with Gasteiger partial charge in [0.2, 0.25) is 0 Å². The van der Waals surface area contributed by atoms with Gasteiger partial charge in [0, 0.05) is 23.5 Å². The van der Waals surface area contributed by atoms with Gasteiger partial charge in [0.15, 0.2) is 5.82 Å². The van der Waals surface area contributed by atoms with E-state index in [0.29, 0.717) is 25.7 Å². The Morgan fingerprint density at radius 3 is 2.54 bits per heavy atom. The van der Waals surface area contributed by atoms with Gasteiger partial charge >= 0.3 is 0 Å². The summed E-state index contributed by atoms with van der Waals surface area (Å²) < 4.78 is 15.1. The summed E-state index contributed by atoms with van der Waals surface area (Å²) in [4.78, 5) is 18.6. The van der Waals surface area contributed by atoms with Crippen LogP contribution >= 0.6 is 0 Å². The number of hydrogen-bond donors (Lipinski definition) is 1. The molecule has 0 radical (unpaired) electrons. The van der Waals surface area contributed by atoms with Crippen molar-refractivity contribution in [1.29, 1.82) is 0 Å². The molecule has 0 atom stereocenters. The number of tetrazole rings is 1. The van der Waals surface area contributed by atoms with Crippen molar-refractivity contribution in [1.82, 2.24) is 30.1 Å². The van der Waals surface area contributed by atoms with Crippen molar-refractivity contribution in [2.75, 3.05) is 0 Å². The molecule has 1 aliphatic rings. The number of fused-ring (bicyclic) bond motifs is 1. The quantitative estimate of drug-likeness (QED) is 0.422. The van der Waals surface area contributed by atoms with E-state index < -0.39 is 0 Å². The average Bonchev–Trinajstić information content (AvgIpc) is 3.30. The Balaban J connectivity index is 1.44. The minimum atomic E-state index is -0.264.